The van der Waals surface area contributed by atoms with Crippen molar-refractivity contribution in [1.82, 2.24) is 9.46 Å². The Hall–Kier alpha value is -1.14. The first-order valence-corrected chi connectivity index (χ1v) is 5.17. The molecule has 0 atom stereocenters. The summed E-state index contributed by atoms with van der Waals surface area (Å²) >= 11 is 9.33. The second-order valence-electron chi connectivity index (χ2n) is 2.77. The average Bonchev–Trinajstić information content (AvgIpc) is 2.28. The first kappa shape index (κ1) is 15.9. The second-order valence-corrected chi connectivity index (χ2v) is 3.60. The third-order valence-electron chi connectivity index (χ3n) is 1.61. The summed E-state index contributed by atoms with van der Waals surface area (Å²) in [6, 6.07) is 10.3. The summed E-state index contributed by atoms with van der Waals surface area (Å²) in [7, 11) is 0. The molecule has 2 N–H and O–H groups in total. The Balaban J connectivity index is 0.000000284. The average molecular weight is 309 g/mol. The molecular weight excluding hydrogens is 299 g/mol. The number of pyridine rings is 2. The fourth-order valence-corrected chi connectivity index (χ4v) is 1.12. The molecule has 17 heavy (non-hydrogen) atoms. The number of hydrogen-bond donors (Lipinski definition) is 2. The van der Waals surface area contributed by atoms with Gasteiger partial charge in [0.05, 0.1) is 0 Å². The van der Waals surface area contributed by atoms with Crippen LogP contribution in [-0.4, -0.2) is 19.9 Å². The fourth-order valence-electron chi connectivity index (χ4n) is 0.838. The second kappa shape index (κ2) is 8.02. The van der Waals surface area contributed by atoms with E-state index in [4.69, 9.17) is 10.4 Å². The van der Waals surface area contributed by atoms with Gasteiger partial charge in [-0.2, -0.15) is 9.46 Å². The Bertz CT molecular complexity index is 517. The molecule has 0 fully saturated rings. The van der Waals surface area contributed by atoms with Crippen molar-refractivity contribution in [3.63, 3.8) is 0 Å². The largest absolute Gasteiger partial charge is 0.428 e. The van der Waals surface area contributed by atoms with Crippen LogP contribution in [0.4, 0.5) is 0 Å². The van der Waals surface area contributed by atoms with E-state index in [1.165, 1.54) is 12.4 Å². The summed E-state index contributed by atoms with van der Waals surface area (Å²) in [5.74, 6) is 0. The van der Waals surface area contributed by atoms with E-state index in [1.54, 1.807) is 36.4 Å². The van der Waals surface area contributed by atoms with Gasteiger partial charge in [0.1, 0.15) is 9.28 Å². The van der Waals surface area contributed by atoms with Crippen molar-refractivity contribution in [2.24, 2.45) is 0 Å². The van der Waals surface area contributed by atoms with Gasteiger partial charge in [0.15, 0.2) is 0 Å². The van der Waals surface area contributed by atoms with E-state index in [0.29, 0.717) is 9.28 Å². The topological polar surface area (TPSA) is 50.3 Å². The van der Waals surface area contributed by atoms with Gasteiger partial charge in [-0.15, -0.1) is 0 Å². The van der Waals surface area contributed by atoms with Crippen LogP contribution in [-0.2, 0) is 17.1 Å². The Morgan fingerprint density at radius 2 is 1.12 bits per heavy atom. The van der Waals surface area contributed by atoms with Gasteiger partial charge in [-0.3, -0.25) is 0 Å². The molecule has 2 aromatic rings. The van der Waals surface area contributed by atoms with Gasteiger partial charge in [0.2, 0.25) is 0 Å². The molecule has 0 bridgehead atoms. The Morgan fingerprint density at radius 3 is 1.29 bits per heavy atom. The molecule has 91 valence electrons. The van der Waals surface area contributed by atoms with E-state index in [1.807, 2.05) is 0 Å². The van der Waals surface area contributed by atoms with Crippen LogP contribution in [0.25, 0.3) is 0 Å². The summed E-state index contributed by atoms with van der Waals surface area (Å²) < 4.78 is 2.64. The molecule has 0 unspecified atom stereocenters. The number of rotatable bonds is 0. The van der Waals surface area contributed by atoms with Gasteiger partial charge in [0.25, 0.3) is 0 Å². The van der Waals surface area contributed by atoms with Crippen LogP contribution in [0.3, 0.4) is 0 Å². The number of nitrogens with zero attached hydrogens (tertiary/aromatic N) is 2. The van der Waals surface area contributed by atoms with Crippen molar-refractivity contribution >= 4 is 24.4 Å². The molecule has 0 aromatic carbocycles. The van der Waals surface area contributed by atoms with E-state index < -0.39 is 0 Å². The first-order valence-electron chi connectivity index (χ1n) is 4.35. The van der Waals surface area contributed by atoms with Crippen molar-refractivity contribution < 1.29 is 27.5 Å². The number of aromatic nitrogens is 2. The molecule has 0 saturated carbocycles. The molecular formula is C10H10MnN2O2S2. The fraction of sp³-hybridized carbons (Fsp3) is 0. The van der Waals surface area contributed by atoms with Gasteiger partial charge in [-0.1, -0.05) is 36.6 Å². The Labute approximate surface area is 119 Å². The summed E-state index contributed by atoms with van der Waals surface area (Å²) in [4.78, 5) is 0. The van der Waals surface area contributed by atoms with Gasteiger partial charge >= 0.3 is 0 Å². The molecule has 2 aromatic heterocycles. The monoisotopic (exact) mass is 309 g/mol. The molecule has 0 saturated heterocycles. The van der Waals surface area contributed by atoms with Crippen molar-refractivity contribution in [2.45, 2.75) is 0 Å². The zero-order valence-corrected chi connectivity index (χ0v) is 11.4. The number of hydrogen-bond acceptors (Lipinski definition) is 4. The van der Waals surface area contributed by atoms with Crippen LogP contribution in [0.2, 0.25) is 0 Å². The van der Waals surface area contributed by atoms with E-state index >= 15 is 0 Å². The molecule has 1 radical (unpaired) electrons. The molecule has 0 aliphatic rings. The van der Waals surface area contributed by atoms with Gasteiger partial charge in [-0.05, 0) is 24.3 Å². The van der Waals surface area contributed by atoms with Gasteiger partial charge < -0.3 is 10.4 Å². The zero-order valence-electron chi connectivity index (χ0n) is 8.60. The first-order chi connectivity index (χ1) is 7.61. The Morgan fingerprint density at radius 1 is 0.765 bits per heavy atom. The van der Waals surface area contributed by atoms with Crippen LogP contribution in [0.15, 0.2) is 48.8 Å². The molecule has 7 heteroatoms. The van der Waals surface area contributed by atoms with Crippen LogP contribution in [0.1, 0.15) is 0 Å². The summed E-state index contributed by atoms with van der Waals surface area (Å²) in [5, 5.41) is 17.5. The minimum Gasteiger partial charge on any atom is -0.428 e. The van der Waals surface area contributed by atoms with Crippen LogP contribution in [0.5, 0.6) is 0 Å². The van der Waals surface area contributed by atoms with Gasteiger partial charge in [-0.25, -0.2) is 0 Å². The van der Waals surface area contributed by atoms with E-state index in [9.17, 15) is 0 Å². The molecule has 2 rings (SSSR count). The maximum absolute atomic E-state index is 8.73. The molecule has 2 heterocycles. The predicted octanol–water partition coefficient (Wildman–Crippen LogP) is 2.91. The van der Waals surface area contributed by atoms with Crippen molar-refractivity contribution in [1.29, 1.82) is 0 Å². The predicted molar refractivity (Wildman–Crippen MR) is 64.9 cm³/mol. The third kappa shape index (κ3) is 5.65. The minimum absolute atomic E-state index is 0. The molecule has 0 spiro atoms. The Kier molecular flexibility index (Phi) is 7.49. The summed E-state index contributed by atoms with van der Waals surface area (Å²) in [5.41, 5.74) is 0. The maximum Gasteiger partial charge on any atom is 0.142 e. The van der Waals surface area contributed by atoms with Crippen molar-refractivity contribution in [2.75, 3.05) is 0 Å². The molecule has 0 amide bonds. The van der Waals surface area contributed by atoms with Crippen LogP contribution in [0, 0.1) is 9.28 Å². The summed E-state index contributed by atoms with van der Waals surface area (Å²) in [6.45, 7) is 0. The standard InChI is InChI=1S/2C5H5NOS.Mn/c2*7-6-4-2-1-3-5(6)8;/h2*1-4,7H;. The van der Waals surface area contributed by atoms with E-state index in [-0.39, 0.29) is 17.1 Å². The van der Waals surface area contributed by atoms with Crippen LogP contribution < -0.4 is 0 Å². The normalized spacial score (nSPS) is 8.47. The van der Waals surface area contributed by atoms with E-state index in [0.717, 1.165) is 9.46 Å². The quantitative estimate of drug-likeness (QED) is 0.446. The maximum atomic E-state index is 8.73. The summed E-state index contributed by atoms with van der Waals surface area (Å²) in [6.07, 6.45) is 2.98. The van der Waals surface area contributed by atoms with E-state index in [2.05, 4.69) is 24.4 Å². The smallest absolute Gasteiger partial charge is 0.142 e. The molecule has 4 nitrogen and oxygen atoms in total. The van der Waals surface area contributed by atoms with Gasteiger partial charge in [0, 0.05) is 29.5 Å². The molecule has 0 aliphatic carbocycles. The zero-order chi connectivity index (χ0) is 12.0. The SMILES string of the molecule is On1ccccc1=S.On1ccccc1=S.[Mn]. The molecule has 0 aliphatic heterocycles. The van der Waals surface area contributed by atoms with Crippen molar-refractivity contribution in [3.05, 3.63) is 58.1 Å². The third-order valence-corrected chi connectivity index (χ3v) is 2.25. The minimum atomic E-state index is 0. The van der Waals surface area contributed by atoms with Crippen LogP contribution >= 0.6 is 24.4 Å². The van der Waals surface area contributed by atoms with Crippen molar-refractivity contribution in [3.8, 4) is 0 Å².